The lowest BCUT2D eigenvalue weighted by atomic mass is 10.2. The minimum atomic E-state index is -0.432. The average Bonchev–Trinajstić information content (AvgIpc) is 3.57. The van der Waals surface area contributed by atoms with Crippen LogP contribution in [0, 0.1) is 0 Å². The number of benzene rings is 1. The SMILES string of the molecule is COc1cc(OC)c(Cl)c(NC(=O)c2csc3c(Nc4cc(CN5CCSC5)ccn4)ncnc23)c1Cl. The lowest BCUT2D eigenvalue weighted by molar-refractivity contribution is 0.102. The molecule has 0 aliphatic carbocycles. The van der Waals surface area contributed by atoms with Crippen LogP contribution >= 0.6 is 46.3 Å². The first-order valence-corrected chi connectivity index (χ1v) is 13.9. The number of anilines is 3. The maximum absolute atomic E-state index is 13.3. The molecule has 0 radical (unpaired) electrons. The van der Waals surface area contributed by atoms with Gasteiger partial charge in [0.25, 0.3) is 5.91 Å². The van der Waals surface area contributed by atoms with Crippen molar-refractivity contribution in [3.63, 3.8) is 0 Å². The number of ether oxygens (including phenoxy) is 2. The zero-order chi connectivity index (χ0) is 25.9. The number of halogens is 2. The van der Waals surface area contributed by atoms with Crippen molar-refractivity contribution in [2.75, 3.05) is 43.0 Å². The normalized spacial score (nSPS) is 13.6. The molecule has 2 N–H and O–H groups in total. The van der Waals surface area contributed by atoms with E-state index in [0.29, 0.717) is 34.2 Å². The number of amides is 1. The van der Waals surface area contributed by atoms with Crippen LogP contribution in [-0.2, 0) is 6.54 Å². The monoisotopic (exact) mass is 576 g/mol. The van der Waals surface area contributed by atoms with Crippen molar-refractivity contribution in [3.8, 4) is 11.5 Å². The second-order valence-electron chi connectivity index (χ2n) is 8.05. The largest absolute Gasteiger partial charge is 0.495 e. The standard InChI is InChI=1S/C24H22Cl2N6O3S2/c1-34-15-8-16(35-2)19(26)21(18(15)25)31-24(33)14-10-37-22-20(14)28-11-29-23(22)30-17-7-13(3-4-27-17)9-32-5-6-36-12-32/h3-4,7-8,10-11H,5-6,9,12H2,1-2H3,(H,31,33)(H,27,28,29,30). The molecule has 1 saturated heterocycles. The molecule has 4 aromatic rings. The molecule has 1 fully saturated rings. The highest BCUT2D eigenvalue weighted by molar-refractivity contribution is 7.99. The van der Waals surface area contributed by atoms with E-state index in [-0.39, 0.29) is 15.7 Å². The van der Waals surface area contributed by atoms with Gasteiger partial charge in [0.05, 0.1) is 35.7 Å². The van der Waals surface area contributed by atoms with Gasteiger partial charge in [0.1, 0.15) is 33.7 Å². The number of thioether (sulfide) groups is 1. The van der Waals surface area contributed by atoms with Gasteiger partial charge >= 0.3 is 0 Å². The van der Waals surface area contributed by atoms with Gasteiger partial charge in [-0.25, -0.2) is 15.0 Å². The summed E-state index contributed by atoms with van der Waals surface area (Å²) in [6.07, 6.45) is 3.19. The summed E-state index contributed by atoms with van der Waals surface area (Å²) in [7, 11) is 2.93. The lowest BCUT2D eigenvalue weighted by Crippen LogP contribution is -2.18. The van der Waals surface area contributed by atoms with Gasteiger partial charge in [0.2, 0.25) is 0 Å². The van der Waals surface area contributed by atoms with Gasteiger partial charge in [0.15, 0.2) is 5.82 Å². The topological polar surface area (TPSA) is 102 Å². The maximum Gasteiger partial charge on any atom is 0.258 e. The number of pyridine rings is 1. The first-order valence-electron chi connectivity index (χ1n) is 11.1. The summed E-state index contributed by atoms with van der Waals surface area (Å²) in [4.78, 5) is 28.9. The Bertz CT molecular complexity index is 1430. The van der Waals surface area contributed by atoms with Gasteiger partial charge in [-0.2, -0.15) is 0 Å². The van der Waals surface area contributed by atoms with Crippen LogP contribution in [-0.4, -0.2) is 58.2 Å². The molecular formula is C24H22Cl2N6O3S2. The molecule has 0 saturated carbocycles. The van der Waals surface area contributed by atoms with Gasteiger partial charge in [-0.1, -0.05) is 23.2 Å². The van der Waals surface area contributed by atoms with Crippen LogP contribution in [0.1, 0.15) is 15.9 Å². The number of aromatic nitrogens is 3. The van der Waals surface area contributed by atoms with Gasteiger partial charge in [-0.05, 0) is 17.7 Å². The molecule has 1 aliphatic heterocycles. The van der Waals surface area contributed by atoms with E-state index in [4.69, 9.17) is 32.7 Å². The summed E-state index contributed by atoms with van der Waals surface area (Å²) in [5.41, 5.74) is 2.20. The van der Waals surface area contributed by atoms with Crippen LogP contribution in [0.2, 0.25) is 10.0 Å². The van der Waals surface area contributed by atoms with Crippen molar-refractivity contribution in [2.24, 2.45) is 0 Å². The van der Waals surface area contributed by atoms with Crippen molar-refractivity contribution in [1.82, 2.24) is 19.9 Å². The second kappa shape index (κ2) is 11.3. The van der Waals surface area contributed by atoms with Gasteiger partial charge in [-0.3, -0.25) is 9.69 Å². The van der Waals surface area contributed by atoms with Crippen molar-refractivity contribution in [1.29, 1.82) is 0 Å². The highest BCUT2D eigenvalue weighted by Gasteiger charge is 2.22. The average molecular weight is 578 g/mol. The Morgan fingerprint density at radius 2 is 1.92 bits per heavy atom. The number of hydrogen-bond donors (Lipinski definition) is 2. The molecule has 5 rings (SSSR count). The van der Waals surface area contributed by atoms with Crippen LogP contribution < -0.4 is 20.1 Å². The summed E-state index contributed by atoms with van der Waals surface area (Å²) >= 11 is 16.1. The summed E-state index contributed by atoms with van der Waals surface area (Å²) in [6.45, 7) is 1.95. The van der Waals surface area contributed by atoms with Crippen molar-refractivity contribution < 1.29 is 14.3 Å². The molecule has 0 atom stereocenters. The molecule has 9 nitrogen and oxygen atoms in total. The third-order valence-electron chi connectivity index (χ3n) is 5.71. The Balaban J connectivity index is 1.40. The van der Waals surface area contributed by atoms with Gasteiger partial charge in [-0.15, -0.1) is 23.1 Å². The Labute approximate surface area is 231 Å². The molecule has 0 unspecified atom stereocenters. The molecule has 1 aliphatic rings. The maximum atomic E-state index is 13.3. The molecule has 1 aromatic carbocycles. The zero-order valence-electron chi connectivity index (χ0n) is 19.9. The van der Waals surface area contributed by atoms with Crippen molar-refractivity contribution in [3.05, 3.63) is 57.3 Å². The Kier molecular flexibility index (Phi) is 7.87. The molecule has 4 heterocycles. The van der Waals surface area contributed by atoms with E-state index in [0.717, 1.165) is 29.4 Å². The number of carbonyl (C=O) groups is 1. The quantitative estimate of drug-likeness (QED) is 0.265. The molecule has 37 heavy (non-hydrogen) atoms. The number of nitrogens with one attached hydrogen (secondary N) is 2. The third kappa shape index (κ3) is 5.41. The van der Waals surface area contributed by atoms with Gasteiger partial charge < -0.3 is 20.1 Å². The van der Waals surface area contributed by atoms with Crippen LogP contribution in [0.4, 0.5) is 17.3 Å². The van der Waals surface area contributed by atoms with E-state index in [2.05, 4.69) is 30.5 Å². The molecular weight excluding hydrogens is 555 g/mol. The summed E-state index contributed by atoms with van der Waals surface area (Å²) in [5, 5.41) is 8.10. The highest BCUT2D eigenvalue weighted by atomic mass is 35.5. The van der Waals surface area contributed by atoms with E-state index >= 15 is 0 Å². The second-order valence-corrected chi connectivity index (χ2v) is 10.8. The molecule has 0 spiro atoms. The fraction of sp³-hybridized carbons (Fsp3) is 0.250. The number of methoxy groups -OCH3 is 2. The number of hydrogen-bond acceptors (Lipinski definition) is 10. The summed E-state index contributed by atoms with van der Waals surface area (Å²) < 4.78 is 11.3. The van der Waals surface area contributed by atoms with Crippen LogP contribution in [0.5, 0.6) is 11.5 Å². The van der Waals surface area contributed by atoms with E-state index < -0.39 is 5.91 Å². The Morgan fingerprint density at radius 1 is 1.14 bits per heavy atom. The number of nitrogens with zero attached hydrogens (tertiary/aromatic N) is 4. The molecule has 3 aromatic heterocycles. The fourth-order valence-corrected chi connectivity index (χ4v) is 6.41. The third-order valence-corrected chi connectivity index (χ3v) is 8.46. The Hall–Kier alpha value is -2.83. The fourth-order valence-electron chi connectivity index (χ4n) is 3.87. The van der Waals surface area contributed by atoms with Gasteiger partial charge in [0, 0.05) is 42.4 Å². The molecule has 13 heteroatoms. The number of thiophene rings is 1. The minimum Gasteiger partial charge on any atom is -0.495 e. The van der Waals surface area contributed by atoms with E-state index in [1.54, 1.807) is 17.6 Å². The number of rotatable bonds is 8. The van der Waals surface area contributed by atoms with Crippen LogP contribution in [0.25, 0.3) is 10.2 Å². The first-order chi connectivity index (χ1) is 18.0. The zero-order valence-corrected chi connectivity index (χ0v) is 23.0. The molecule has 192 valence electrons. The first kappa shape index (κ1) is 25.8. The van der Waals surface area contributed by atoms with Crippen LogP contribution in [0.3, 0.4) is 0 Å². The number of carbonyl (C=O) groups excluding carboxylic acids is 1. The highest BCUT2D eigenvalue weighted by Crippen LogP contribution is 2.44. The van der Waals surface area contributed by atoms with E-state index in [9.17, 15) is 4.79 Å². The molecule has 0 bridgehead atoms. The van der Waals surface area contributed by atoms with Crippen molar-refractivity contribution in [2.45, 2.75) is 6.54 Å². The lowest BCUT2D eigenvalue weighted by Gasteiger charge is -2.15. The van der Waals surface area contributed by atoms with E-state index in [1.165, 1.54) is 37.4 Å². The van der Waals surface area contributed by atoms with E-state index in [1.807, 2.05) is 23.9 Å². The summed E-state index contributed by atoms with van der Waals surface area (Å²) in [6, 6.07) is 5.58. The summed E-state index contributed by atoms with van der Waals surface area (Å²) in [5.74, 6) is 3.64. The number of fused-ring (bicyclic) bond motifs is 1. The Morgan fingerprint density at radius 3 is 2.62 bits per heavy atom. The molecule has 1 amide bonds. The van der Waals surface area contributed by atoms with Crippen molar-refractivity contribution >= 4 is 79.7 Å². The predicted octanol–water partition coefficient (Wildman–Crippen LogP) is 5.91. The minimum absolute atomic E-state index is 0.164. The predicted molar refractivity (Wildman–Crippen MR) is 150 cm³/mol. The smallest absolute Gasteiger partial charge is 0.258 e. The van der Waals surface area contributed by atoms with Crippen LogP contribution in [0.15, 0.2) is 36.1 Å².